The predicted octanol–water partition coefficient (Wildman–Crippen LogP) is 2.98. The van der Waals surface area contributed by atoms with E-state index in [-0.39, 0.29) is 75.6 Å². The number of hydrogen-bond acceptors (Lipinski definition) is 3. The van der Waals surface area contributed by atoms with Crippen molar-refractivity contribution < 1.29 is 73.9 Å². The van der Waals surface area contributed by atoms with Crippen LogP contribution in [0.5, 0.6) is 0 Å². The summed E-state index contributed by atoms with van der Waals surface area (Å²) < 4.78 is 45.2. The largest absolute Gasteiger partial charge is 1.00 e. The molecule has 38 heavy (non-hydrogen) atoms. The van der Waals surface area contributed by atoms with Crippen LogP contribution >= 0.6 is 0 Å². The molecule has 1 aliphatic heterocycles. The second kappa shape index (κ2) is 11.9. The second-order valence-corrected chi connectivity index (χ2v) is 9.61. The Balaban J connectivity index is 0.00000336. The van der Waals surface area contributed by atoms with Gasteiger partial charge >= 0.3 is 64.5 Å². The van der Waals surface area contributed by atoms with Gasteiger partial charge in [-0.05, 0) is 46.9 Å². The summed E-state index contributed by atoms with van der Waals surface area (Å²) in [6.07, 6.45) is 4.23. The number of ether oxygens (including phenoxy) is 1. The quantitative estimate of drug-likeness (QED) is 0.367. The number of halogens is 3. The van der Waals surface area contributed by atoms with E-state index in [2.05, 4.69) is 30.2 Å². The Hall–Kier alpha value is -2.22. The predicted molar refractivity (Wildman–Crippen MR) is 141 cm³/mol. The van der Waals surface area contributed by atoms with Crippen molar-refractivity contribution in [2.24, 2.45) is 0 Å². The minimum atomic E-state index is -4.98. The SMILES string of the molecule is C#Cc1cc(N2CCN(C(=O)OCC3c4ccccc4-c4ccccc43)CC2)cc(C[B-](F)(F)F)c1C.[K+]. The van der Waals surface area contributed by atoms with Crippen LogP contribution in [0.2, 0.25) is 0 Å². The number of amides is 1. The Morgan fingerprint density at radius 1 is 1.00 bits per heavy atom. The summed E-state index contributed by atoms with van der Waals surface area (Å²) in [5.74, 6) is 2.50. The molecule has 0 radical (unpaired) electrons. The third-order valence-electron chi connectivity index (χ3n) is 7.35. The molecule has 1 fully saturated rings. The topological polar surface area (TPSA) is 32.8 Å². The van der Waals surface area contributed by atoms with Gasteiger partial charge in [-0.2, -0.15) is 0 Å². The van der Waals surface area contributed by atoms with Gasteiger partial charge in [0.2, 0.25) is 0 Å². The molecule has 1 saturated heterocycles. The van der Waals surface area contributed by atoms with Gasteiger partial charge in [0.15, 0.2) is 0 Å². The van der Waals surface area contributed by atoms with Gasteiger partial charge in [-0.1, -0.05) is 66.3 Å². The van der Waals surface area contributed by atoms with Gasteiger partial charge in [0.05, 0.1) is 0 Å². The Morgan fingerprint density at radius 2 is 1.58 bits per heavy atom. The molecular weight excluding hydrogens is 515 g/mol. The maximum absolute atomic E-state index is 13.2. The third kappa shape index (κ3) is 6.00. The van der Waals surface area contributed by atoms with Gasteiger partial charge in [-0.25, -0.2) is 4.79 Å². The minimum absolute atomic E-state index is 0. The first-order valence-corrected chi connectivity index (χ1v) is 12.4. The molecule has 0 aromatic heterocycles. The van der Waals surface area contributed by atoms with Crippen LogP contribution in [0.4, 0.5) is 23.4 Å². The maximum atomic E-state index is 13.2. The average molecular weight is 542 g/mol. The summed E-state index contributed by atoms with van der Waals surface area (Å²) in [5, 5.41) is 0. The summed E-state index contributed by atoms with van der Waals surface area (Å²) in [6.45, 7) is -1.32. The Morgan fingerprint density at radius 3 is 2.13 bits per heavy atom. The van der Waals surface area contributed by atoms with Crippen LogP contribution in [0.3, 0.4) is 0 Å². The van der Waals surface area contributed by atoms with E-state index in [1.165, 1.54) is 11.1 Å². The standard InChI is InChI=1S/C29H27BF3N2O2.K/c1-3-21-16-23(17-22(20(21)2)18-30(31,32)33)34-12-14-35(15-13-34)29(36)37-19-28-26-10-6-4-8-24(26)25-9-5-7-11-27(25)28;/h1,4-11,16-17,28H,12-15,18-19H2,2H3;/q-1;+1. The molecule has 0 saturated carbocycles. The van der Waals surface area contributed by atoms with Crippen molar-refractivity contribution >= 4 is 18.8 Å². The zero-order valence-corrected chi connectivity index (χ0v) is 24.7. The van der Waals surface area contributed by atoms with Crippen molar-refractivity contribution in [2.75, 3.05) is 37.7 Å². The van der Waals surface area contributed by atoms with Crippen molar-refractivity contribution in [2.45, 2.75) is 19.2 Å². The number of rotatable bonds is 5. The molecular formula is C29H27BF3KN2O2. The van der Waals surface area contributed by atoms with Gasteiger partial charge in [0.1, 0.15) is 6.61 Å². The van der Waals surface area contributed by atoms with E-state index >= 15 is 0 Å². The number of fused-ring (bicyclic) bond motifs is 3. The van der Waals surface area contributed by atoms with Gasteiger partial charge in [0, 0.05) is 43.3 Å². The second-order valence-electron chi connectivity index (χ2n) is 9.61. The number of piperazine rings is 1. The van der Waals surface area contributed by atoms with E-state index < -0.39 is 13.3 Å². The number of carbonyl (C=O) groups is 1. The van der Waals surface area contributed by atoms with Gasteiger partial charge in [0.25, 0.3) is 0 Å². The van der Waals surface area contributed by atoms with Crippen LogP contribution in [0.1, 0.15) is 33.7 Å². The number of hydrogen-bond donors (Lipinski definition) is 0. The number of nitrogens with zero attached hydrogens (tertiary/aromatic N) is 2. The van der Waals surface area contributed by atoms with Gasteiger partial charge < -0.3 is 27.5 Å². The molecule has 1 heterocycles. The molecule has 5 rings (SSSR count). The number of carbonyl (C=O) groups excluding carboxylic acids is 1. The molecule has 0 unspecified atom stereocenters. The first-order chi connectivity index (χ1) is 17.7. The van der Waals surface area contributed by atoms with E-state index in [1.807, 2.05) is 29.2 Å². The molecule has 1 aliphatic carbocycles. The van der Waals surface area contributed by atoms with E-state index in [9.17, 15) is 17.7 Å². The molecule has 0 atom stereocenters. The first-order valence-electron chi connectivity index (χ1n) is 12.4. The fraction of sp³-hybridized carbons (Fsp3) is 0.276. The molecule has 3 aromatic rings. The van der Waals surface area contributed by atoms with Crippen LogP contribution in [0.15, 0.2) is 60.7 Å². The molecule has 4 nitrogen and oxygen atoms in total. The van der Waals surface area contributed by atoms with E-state index in [1.54, 1.807) is 24.0 Å². The van der Waals surface area contributed by atoms with Crippen molar-refractivity contribution in [3.05, 3.63) is 88.5 Å². The molecule has 190 valence electrons. The number of benzene rings is 3. The van der Waals surface area contributed by atoms with Crippen LogP contribution in [-0.2, 0) is 11.1 Å². The number of terminal acetylenes is 1. The average Bonchev–Trinajstić information content (AvgIpc) is 3.21. The number of anilines is 1. The summed E-state index contributed by atoms with van der Waals surface area (Å²) in [6, 6.07) is 19.7. The summed E-state index contributed by atoms with van der Waals surface area (Å²) in [7, 11) is 0. The molecule has 0 spiro atoms. The summed E-state index contributed by atoms with van der Waals surface area (Å²) in [5.41, 5.74) is 6.46. The van der Waals surface area contributed by atoms with Crippen molar-refractivity contribution in [1.29, 1.82) is 0 Å². The van der Waals surface area contributed by atoms with Crippen LogP contribution in [0, 0.1) is 19.3 Å². The van der Waals surface area contributed by atoms with Crippen LogP contribution in [-0.4, -0.2) is 50.8 Å². The maximum Gasteiger partial charge on any atom is 1.00 e. The van der Waals surface area contributed by atoms with Gasteiger partial charge in [-0.3, -0.25) is 0 Å². The fourth-order valence-electron chi connectivity index (χ4n) is 5.38. The summed E-state index contributed by atoms with van der Waals surface area (Å²) in [4.78, 5) is 16.5. The monoisotopic (exact) mass is 542 g/mol. The zero-order chi connectivity index (χ0) is 26.2. The van der Waals surface area contributed by atoms with E-state index in [0.717, 1.165) is 11.1 Å². The first kappa shape index (κ1) is 28.8. The molecule has 0 N–H and O–H groups in total. The fourth-order valence-corrected chi connectivity index (χ4v) is 5.38. The summed E-state index contributed by atoms with van der Waals surface area (Å²) >= 11 is 0. The third-order valence-corrected chi connectivity index (χ3v) is 7.35. The Kier molecular flexibility index (Phi) is 9.00. The Labute approximate surface area is 264 Å². The van der Waals surface area contributed by atoms with E-state index in [4.69, 9.17) is 11.2 Å². The minimum Gasteiger partial charge on any atom is -0.449 e. The molecule has 2 aliphatic rings. The smallest absolute Gasteiger partial charge is 0.449 e. The van der Waals surface area contributed by atoms with E-state index in [0.29, 0.717) is 43.0 Å². The van der Waals surface area contributed by atoms with Gasteiger partial charge in [-0.15, -0.1) is 6.42 Å². The molecule has 3 aromatic carbocycles. The molecule has 0 bridgehead atoms. The van der Waals surface area contributed by atoms with Crippen LogP contribution < -0.4 is 56.3 Å². The van der Waals surface area contributed by atoms with Crippen LogP contribution in [0.25, 0.3) is 11.1 Å². The molecule has 1 amide bonds. The van der Waals surface area contributed by atoms with Crippen molar-refractivity contribution in [1.82, 2.24) is 4.90 Å². The van der Waals surface area contributed by atoms with Crippen molar-refractivity contribution in [3.63, 3.8) is 0 Å². The zero-order valence-electron chi connectivity index (χ0n) is 21.6. The normalized spacial score (nSPS) is 14.8. The Bertz CT molecular complexity index is 1340. The van der Waals surface area contributed by atoms with Crippen molar-refractivity contribution in [3.8, 4) is 23.5 Å². The molecule has 9 heteroatoms.